The maximum absolute atomic E-state index is 14.1. The molecule has 164 valence electrons. The van der Waals surface area contributed by atoms with E-state index in [0.717, 1.165) is 15.8 Å². The number of pyridine rings is 1. The fraction of sp³-hybridized carbons (Fsp3) is 0.125. The van der Waals surface area contributed by atoms with E-state index in [1.54, 1.807) is 18.4 Å². The van der Waals surface area contributed by atoms with Crippen molar-refractivity contribution < 1.29 is 9.18 Å². The number of halogens is 1. The minimum Gasteiger partial charge on any atom is -0.401 e. The van der Waals surface area contributed by atoms with Crippen LogP contribution in [0.1, 0.15) is 15.9 Å². The smallest absolute Gasteiger partial charge is 0.255 e. The quantitative estimate of drug-likeness (QED) is 0.476. The van der Waals surface area contributed by atoms with Crippen molar-refractivity contribution in [2.75, 3.05) is 13.6 Å². The van der Waals surface area contributed by atoms with Gasteiger partial charge in [0, 0.05) is 30.7 Å². The fourth-order valence-corrected chi connectivity index (χ4v) is 2.99. The Kier molecular flexibility index (Phi) is 7.66. The number of rotatable bonds is 8. The second-order valence-corrected chi connectivity index (χ2v) is 6.94. The van der Waals surface area contributed by atoms with E-state index in [1.807, 2.05) is 31.3 Å². The summed E-state index contributed by atoms with van der Waals surface area (Å²) in [4.78, 5) is 29.0. The van der Waals surface area contributed by atoms with Crippen LogP contribution in [0.2, 0.25) is 0 Å². The molecule has 2 aromatic carbocycles. The van der Waals surface area contributed by atoms with Gasteiger partial charge in [-0.25, -0.2) is 4.39 Å². The van der Waals surface area contributed by atoms with Crippen LogP contribution in [0, 0.1) is 5.82 Å². The minimum atomic E-state index is -0.560. The van der Waals surface area contributed by atoms with Crippen molar-refractivity contribution in [3.05, 3.63) is 106 Å². The zero-order chi connectivity index (χ0) is 22.9. The van der Waals surface area contributed by atoms with Gasteiger partial charge in [0.05, 0.1) is 23.5 Å². The standard InChI is InChI=1S/C24H24FN5O2/c1-27-14-17-6-2-4-8-21(17)28-13-12-19(26)15-29-24(32)18-10-11-23(31)30(16-18)22-9-5-3-7-20(22)25/h2-13,16,27H,14-15,26H2,1H3,(H,29,32). The molecular weight excluding hydrogens is 409 g/mol. The molecule has 4 N–H and O–H groups in total. The van der Waals surface area contributed by atoms with E-state index in [4.69, 9.17) is 5.73 Å². The van der Waals surface area contributed by atoms with Crippen LogP contribution in [-0.2, 0) is 6.54 Å². The number of aromatic nitrogens is 1. The molecule has 0 atom stereocenters. The average Bonchev–Trinajstić information content (AvgIpc) is 2.79. The molecule has 1 amide bonds. The number of hydrogen-bond acceptors (Lipinski definition) is 5. The number of hydrogen-bond donors (Lipinski definition) is 3. The third-order valence-corrected chi connectivity index (χ3v) is 4.60. The summed E-state index contributed by atoms with van der Waals surface area (Å²) < 4.78 is 15.1. The summed E-state index contributed by atoms with van der Waals surface area (Å²) in [5.74, 6) is -1.00. The van der Waals surface area contributed by atoms with Gasteiger partial charge in [0.25, 0.3) is 11.5 Å². The second kappa shape index (κ2) is 10.8. The van der Waals surface area contributed by atoms with E-state index in [0.29, 0.717) is 12.2 Å². The minimum absolute atomic E-state index is 0.0707. The first kappa shape index (κ1) is 22.6. The zero-order valence-electron chi connectivity index (χ0n) is 17.6. The lowest BCUT2D eigenvalue weighted by molar-refractivity contribution is 0.0956. The summed E-state index contributed by atoms with van der Waals surface area (Å²) in [5, 5.41) is 5.77. The molecule has 32 heavy (non-hydrogen) atoms. The van der Waals surface area contributed by atoms with E-state index >= 15 is 0 Å². The predicted molar refractivity (Wildman–Crippen MR) is 124 cm³/mol. The molecule has 0 aliphatic rings. The van der Waals surface area contributed by atoms with Crippen molar-refractivity contribution in [1.29, 1.82) is 0 Å². The van der Waals surface area contributed by atoms with Crippen molar-refractivity contribution in [1.82, 2.24) is 15.2 Å². The van der Waals surface area contributed by atoms with Crippen LogP contribution in [0.25, 0.3) is 5.69 Å². The first-order valence-corrected chi connectivity index (χ1v) is 9.96. The average molecular weight is 433 g/mol. The molecule has 0 radical (unpaired) electrons. The Morgan fingerprint density at radius 3 is 2.66 bits per heavy atom. The van der Waals surface area contributed by atoms with Crippen LogP contribution >= 0.6 is 0 Å². The Bertz CT molecular complexity index is 1220. The van der Waals surface area contributed by atoms with Gasteiger partial charge in [-0.1, -0.05) is 30.3 Å². The number of aliphatic imine (C=N–C) groups is 1. The number of nitrogens with one attached hydrogen (secondary N) is 2. The van der Waals surface area contributed by atoms with Gasteiger partial charge in [-0.15, -0.1) is 0 Å². The lowest BCUT2D eigenvalue weighted by Gasteiger charge is -2.10. The molecule has 7 nitrogen and oxygen atoms in total. The molecule has 1 aromatic heterocycles. The van der Waals surface area contributed by atoms with Gasteiger partial charge in [0.15, 0.2) is 0 Å². The van der Waals surface area contributed by atoms with Crippen molar-refractivity contribution in [3.63, 3.8) is 0 Å². The first-order chi connectivity index (χ1) is 15.5. The molecule has 0 aliphatic heterocycles. The molecular formula is C24H24FN5O2. The molecule has 0 aliphatic carbocycles. The monoisotopic (exact) mass is 433 g/mol. The van der Waals surface area contributed by atoms with Crippen LogP contribution in [-0.4, -0.2) is 30.3 Å². The zero-order valence-corrected chi connectivity index (χ0v) is 17.6. The van der Waals surface area contributed by atoms with Gasteiger partial charge >= 0.3 is 0 Å². The molecule has 0 unspecified atom stereocenters. The Morgan fingerprint density at radius 2 is 1.88 bits per heavy atom. The number of nitrogens with zero attached hydrogens (tertiary/aromatic N) is 2. The van der Waals surface area contributed by atoms with Gasteiger partial charge in [0.1, 0.15) is 5.82 Å². The Labute approximate surface area is 185 Å². The molecule has 0 spiro atoms. The normalized spacial score (nSPS) is 11.6. The maximum Gasteiger partial charge on any atom is 0.255 e. The van der Waals surface area contributed by atoms with Gasteiger partial charge in [-0.2, -0.15) is 0 Å². The Balaban J connectivity index is 1.66. The van der Waals surface area contributed by atoms with Gasteiger partial charge < -0.3 is 16.4 Å². The lowest BCUT2D eigenvalue weighted by Crippen LogP contribution is -2.29. The highest BCUT2D eigenvalue weighted by Crippen LogP contribution is 2.17. The van der Waals surface area contributed by atoms with Crippen LogP contribution in [0.3, 0.4) is 0 Å². The number of nitrogens with two attached hydrogens (primary N) is 1. The third-order valence-electron chi connectivity index (χ3n) is 4.60. The SMILES string of the molecule is CNCc1ccccc1N=CC=C(N)CNC(=O)c1ccc(=O)n(-c2ccccc2F)c1. The second-order valence-electron chi connectivity index (χ2n) is 6.94. The number of amides is 1. The first-order valence-electron chi connectivity index (χ1n) is 9.96. The molecule has 1 heterocycles. The molecule has 3 rings (SSSR count). The highest BCUT2D eigenvalue weighted by Gasteiger charge is 2.11. The number of allylic oxidation sites excluding steroid dienone is 1. The van der Waals surface area contributed by atoms with E-state index in [9.17, 15) is 14.0 Å². The maximum atomic E-state index is 14.1. The summed E-state index contributed by atoms with van der Waals surface area (Å²) in [6.45, 7) is 0.777. The Hall–Kier alpha value is -4.04. The van der Waals surface area contributed by atoms with Crippen molar-refractivity contribution in [2.45, 2.75) is 6.54 Å². The van der Waals surface area contributed by atoms with Crippen molar-refractivity contribution in [3.8, 4) is 5.69 Å². The van der Waals surface area contributed by atoms with Gasteiger partial charge in [0.2, 0.25) is 0 Å². The van der Waals surface area contributed by atoms with Crippen LogP contribution in [0.4, 0.5) is 10.1 Å². The van der Waals surface area contributed by atoms with Crippen molar-refractivity contribution >= 4 is 17.8 Å². The topological polar surface area (TPSA) is 102 Å². The molecule has 3 aromatic rings. The number of carbonyl (C=O) groups excluding carboxylic acids is 1. The summed E-state index contributed by atoms with van der Waals surface area (Å²) >= 11 is 0. The summed E-state index contributed by atoms with van der Waals surface area (Å²) in [5.41, 5.74) is 8.07. The largest absolute Gasteiger partial charge is 0.401 e. The summed E-state index contributed by atoms with van der Waals surface area (Å²) in [7, 11) is 1.86. The van der Waals surface area contributed by atoms with E-state index in [-0.39, 0.29) is 17.8 Å². The van der Waals surface area contributed by atoms with Crippen LogP contribution in [0.15, 0.2) is 88.4 Å². The van der Waals surface area contributed by atoms with E-state index in [2.05, 4.69) is 15.6 Å². The van der Waals surface area contributed by atoms with Crippen LogP contribution in [0.5, 0.6) is 0 Å². The Morgan fingerprint density at radius 1 is 1.12 bits per heavy atom. The highest BCUT2D eigenvalue weighted by atomic mass is 19.1. The third kappa shape index (κ3) is 5.77. The fourth-order valence-electron chi connectivity index (χ4n) is 2.99. The highest BCUT2D eigenvalue weighted by molar-refractivity contribution is 5.94. The number of benzene rings is 2. The summed E-state index contributed by atoms with van der Waals surface area (Å²) in [6, 6.07) is 16.2. The van der Waals surface area contributed by atoms with Gasteiger partial charge in [-0.05, 0) is 43.0 Å². The molecule has 0 saturated heterocycles. The van der Waals surface area contributed by atoms with Crippen molar-refractivity contribution in [2.24, 2.45) is 10.7 Å². The molecule has 0 saturated carbocycles. The summed E-state index contributed by atoms with van der Waals surface area (Å²) in [6.07, 6.45) is 4.49. The number of para-hydroxylation sites is 2. The molecule has 8 heteroatoms. The molecule has 0 bridgehead atoms. The predicted octanol–water partition coefficient (Wildman–Crippen LogP) is 2.67. The lowest BCUT2D eigenvalue weighted by atomic mass is 10.2. The van der Waals surface area contributed by atoms with E-state index < -0.39 is 17.3 Å². The van der Waals surface area contributed by atoms with Gasteiger partial charge in [-0.3, -0.25) is 19.1 Å². The molecule has 0 fully saturated rings. The van der Waals surface area contributed by atoms with Crippen LogP contribution < -0.4 is 21.9 Å². The number of carbonyl (C=O) groups is 1. The van der Waals surface area contributed by atoms with E-state index in [1.165, 1.54) is 36.5 Å².